The van der Waals surface area contributed by atoms with E-state index in [1.54, 1.807) is 72.8 Å². The molecule has 0 aliphatic heterocycles. The minimum Gasteiger partial charge on any atom is -0.326 e. The third-order valence-corrected chi connectivity index (χ3v) is 13.7. The van der Waals surface area contributed by atoms with Crippen LogP contribution in [0, 0.1) is 46.1 Å². The second-order valence-electron chi connectivity index (χ2n) is 19.8. The number of hydrogen-bond acceptors (Lipinski definition) is 10. The third-order valence-electron chi connectivity index (χ3n) is 13.7. The molecule has 0 saturated heterocycles. The second kappa shape index (κ2) is 26.9. The molecular weight excluding hydrogens is 1100 g/mol. The Bertz CT molecular complexity index is 3480. The van der Waals surface area contributed by atoms with Gasteiger partial charge in [0.25, 0.3) is 11.8 Å². The van der Waals surface area contributed by atoms with Crippen LogP contribution >= 0.6 is 0 Å². The van der Waals surface area contributed by atoms with Crippen molar-refractivity contribution < 1.29 is 44.7 Å². The average molecular weight is 1160 g/mol. The van der Waals surface area contributed by atoms with Gasteiger partial charge < -0.3 is 32.7 Å². The van der Waals surface area contributed by atoms with Crippen LogP contribution in [-0.2, 0) is 25.4 Å². The number of nitrogens with one attached hydrogen (secondary N) is 4. The average Bonchev–Trinajstić information content (AvgIpc) is 4.54. The first kappa shape index (κ1) is 62.5. The number of aromatic nitrogens is 4. The quantitative estimate of drug-likeness (QED) is 0.0447. The SMILES string of the molecule is C.C.N#Cc1cccc([C@@H](NCC2CC2)c2ccc(F)c(NC(=O)c3cc(C(F)(F)F)nn3-c3cccc(CN)c3)c2)c1.N#Cc1cccc([C@@H](NCC2CC2)c2ccc(F)c(NC(=O)c3cc(C(F)(F)F)nn3-c3cccc(CN)c3)c2)c1. The number of nitrogens with zero attached hydrogens (tertiary/aromatic N) is 6. The smallest absolute Gasteiger partial charge is 0.326 e. The van der Waals surface area contributed by atoms with Crippen LogP contribution in [-0.4, -0.2) is 44.5 Å². The van der Waals surface area contributed by atoms with Gasteiger partial charge in [0.2, 0.25) is 0 Å². The van der Waals surface area contributed by atoms with E-state index in [0.29, 0.717) is 70.4 Å². The first-order valence-electron chi connectivity index (χ1n) is 25.9. The van der Waals surface area contributed by atoms with Crippen molar-refractivity contribution >= 4 is 23.2 Å². The number of carbonyl (C=O) groups is 2. The van der Waals surface area contributed by atoms with Crippen LogP contribution in [0.4, 0.5) is 46.5 Å². The van der Waals surface area contributed by atoms with Crippen LogP contribution in [0.1, 0.15) is 129 Å². The van der Waals surface area contributed by atoms with Crippen LogP contribution in [0.3, 0.4) is 0 Å². The summed E-state index contributed by atoms with van der Waals surface area (Å²) >= 11 is 0. The van der Waals surface area contributed by atoms with Crippen molar-refractivity contribution in [3.8, 4) is 23.5 Å². The number of halogens is 8. The minimum absolute atomic E-state index is 0. The summed E-state index contributed by atoms with van der Waals surface area (Å²) in [5, 5.41) is 37.8. The van der Waals surface area contributed by atoms with Crippen molar-refractivity contribution in [3.63, 3.8) is 0 Å². The van der Waals surface area contributed by atoms with Crippen LogP contribution < -0.4 is 32.7 Å². The molecule has 2 aliphatic rings. The van der Waals surface area contributed by atoms with E-state index in [4.69, 9.17) is 11.5 Å². The fraction of sp³-hybridized carbons (Fsp3) is 0.258. The van der Waals surface area contributed by atoms with Crippen molar-refractivity contribution in [1.29, 1.82) is 10.5 Å². The highest BCUT2D eigenvalue weighted by atomic mass is 19.4. The van der Waals surface area contributed by atoms with Crippen molar-refractivity contribution in [3.05, 3.63) is 225 Å². The Morgan fingerprint density at radius 2 is 0.905 bits per heavy atom. The number of nitrogens with two attached hydrogens (primary N) is 2. The van der Waals surface area contributed by atoms with Crippen LogP contribution in [0.2, 0.25) is 0 Å². The number of alkyl halides is 6. The molecule has 0 spiro atoms. The van der Waals surface area contributed by atoms with Crippen LogP contribution in [0.5, 0.6) is 0 Å². The lowest BCUT2D eigenvalue weighted by Gasteiger charge is -2.21. The molecule has 2 amide bonds. The number of benzene rings is 6. The molecule has 14 nitrogen and oxygen atoms in total. The van der Waals surface area contributed by atoms with Gasteiger partial charge in [-0.1, -0.05) is 75.5 Å². The molecule has 8 aromatic rings. The first-order chi connectivity index (χ1) is 39.3. The Morgan fingerprint density at radius 1 is 0.536 bits per heavy atom. The molecule has 84 heavy (non-hydrogen) atoms. The molecule has 0 radical (unpaired) electrons. The molecule has 436 valence electrons. The maximum atomic E-state index is 15.0. The Morgan fingerprint density at radius 3 is 1.25 bits per heavy atom. The Kier molecular flexibility index (Phi) is 20.0. The van der Waals surface area contributed by atoms with E-state index in [-0.39, 0.29) is 50.7 Å². The van der Waals surface area contributed by atoms with Crippen LogP contribution in [0.15, 0.2) is 146 Å². The van der Waals surface area contributed by atoms with E-state index in [0.717, 1.165) is 46.2 Å². The van der Waals surface area contributed by atoms with E-state index >= 15 is 0 Å². The number of anilines is 2. The van der Waals surface area contributed by atoms with Crippen molar-refractivity contribution in [2.75, 3.05) is 23.7 Å². The molecule has 10 rings (SSSR count). The fourth-order valence-corrected chi connectivity index (χ4v) is 9.04. The Hall–Kier alpha value is -9.06. The van der Waals surface area contributed by atoms with Gasteiger partial charge in [-0.2, -0.15) is 47.1 Å². The molecule has 0 bridgehead atoms. The molecule has 2 fully saturated rings. The number of rotatable bonds is 18. The summed E-state index contributed by atoms with van der Waals surface area (Å²) in [7, 11) is 0. The van der Waals surface area contributed by atoms with Gasteiger partial charge in [-0.25, -0.2) is 18.1 Å². The molecule has 2 aliphatic carbocycles. The topological polar surface area (TPSA) is 218 Å². The van der Waals surface area contributed by atoms with E-state index in [2.05, 4.69) is 43.6 Å². The van der Waals surface area contributed by atoms with Gasteiger partial charge in [0.05, 0.1) is 58.1 Å². The van der Waals surface area contributed by atoms with Gasteiger partial charge in [0, 0.05) is 25.2 Å². The summed E-state index contributed by atoms with van der Waals surface area (Å²) < 4.78 is 113. The predicted octanol–water partition coefficient (Wildman–Crippen LogP) is 12.7. The van der Waals surface area contributed by atoms with Gasteiger partial charge in [0.15, 0.2) is 11.4 Å². The van der Waals surface area contributed by atoms with Gasteiger partial charge >= 0.3 is 12.4 Å². The van der Waals surface area contributed by atoms with E-state index in [1.807, 2.05) is 12.1 Å². The van der Waals surface area contributed by atoms with Gasteiger partial charge in [-0.05, 0) is 157 Å². The van der Waals surface area contributed by atoms with E-state index in [9.17, 15) is 55.2 Å². The lowest BCUT2D eigenvalue weighted by atomic mass is 9.96. The number of amides is 2. The standard InChI is InChI=1S/2C30H26F4N6O.2CH4/c2*31-24-10-9-22(28(37-17-18-7-8-18)21-5-1-3-19(11-21)15-35)13-25(24)38-29(41)26-14-27(30(32,33)34)39-40(26)23-6-2-4-20(12-23)16-36;;/h2*1-6,9-14,18,28,37H,7-8,16-17,36H2,(H,38,41);2*1H4/t2*28-;;/m11../s1. The lowest BCUT2D eigenvalue weighted by Crippen LogP contribution is -2.25. The molecule has 2 saturated carbocycles. The molecule has 6 aromatic carbocycles. The van der Waals surface area contributed by atoms with Crippen molar-refractivity contribution in [1.82, 2.24) is 30.2 Å². The largest absolute Gasteiger partial charge is 0.435 e. The van der Waals surface area contributed by atoms with Crippen molar-refractivity contribution in [2.24, 2.45) is 23.3 Å². The normalized spacial score (nSPS) is 13.6. The summed E-state index contributed by atoms with van der Waals surface area (Å²) in [6.45, 7) is 1.69. The maximum Gasteiger partial charge on any atom is 0.435 e. The highest BCUT2D eigenvalue weighted by Gasteiger charge is 2.38. The highest BCUT2D eigenvalue weighted by molar-refractivity contribution is 6.04. The van der Waals surface area contributed by atoms with Crippen LogP contribution in [0.25, 0.3) is 11.4 Å². The lowest BCUT2D eigenvalue weighted by molar-refractivity contribution is -0.142. The monoisotopic (exact) mass is 1160 g/mol. The van der Waals surface area contributed by atoms with Gasteiger partial charge in [0.1, 0.15) is 23.0 Å². The molecule has 2 heterocycles. The molecule has 0 unspecified atom stereocenters. The summed E-state index contributed by atoms with van der Waals surface area (Å²) in [6, 6.07) is 39.7. The molecule has 2 aromatic heterocycles. The molecule has 22 heteroatoms. The minimum atomic E-state index is -4.81. The molecule has 2 atom stereocenters. The zero-order valence-corrected chi connectivity index (χ0v) is 43.5. The number of nitriles is 2. The fourth-order valence-electron chi connectivity index (χ4n) is 9.04. The number of hydrogen-bond donors (Lipinski definition) is 6. The van der Waals surface area contributed by atoms with Gasteiger partial charge in [-0.3, -0.25) is 9.59 Å². The first-order valence-corrected chi connectivity index (χ1v) is 25.9. The Labute approximate surface area is 480 Å². The second-order valence-corrected chi connectivity index (χ2v) is 19.8. The highest BCUT2D eigenvalue weighted by Crippen LogP contribution is 2.36. The molecular formula is C62H60F8N12O2. The molecule has 8 N–H and O–H groups in total. The number of carbonyl (C=O) groups excluding carboxylic acids is 2. The Balaban J connectivity index is 0.000000235. The predicted molar refractivity (Wildman–Crippen MR) is 303 cm³/mol. The summed E-state index contributed by atoms with van der Waals surface area (Å²) in [5.74, 6) is -2.43. The van der Waals surface area contributed by atoms with Crippen molar-refractivity contribution in [2.45, 2.75) is 78.1 Å². The third kappa shape index (κ3) is 15.3. The maximum absolute atomic E-state index is 15.0. The zero-order chi connectivity index (χ0) is 58.3. The van der Waals surface area contributed by atoms with E-state index < -0.39 is 70.7 Å². The summed E-state index contributed by atoms with van der Waals surface area (Å²) in [4.78, 5) is 26.7. The summed E-state index contributed by atoms with van der Waals surface area (Å²) in [6.07, 6.45) is -5.21. The van der Waals surface area contributed by atoms with E-state index in [1.165, 1.54) is 48.5 Å². The summed E-state index contributed by atoms with van der Waals surface area (Å²) in [5.41, 5.74) is 12.9. The van der Waals surface area contributed by atoms with Gasteiger partial charge in [-0.15, -0.1) is 0 Å². The zero-order valence-electron chi connectivity index (χ0n) is 43.5.